The molecule has 0 unspecified atom stereocenters. The smallest absolute Gasteiger partial charge is 0.227 e. The Bertz CT molecular complexity index is 1040. The molecule has 3 heterocycles. The van der Waals surface area contributed by atoms with Crippen LogP contribution in [0.25, 0.3) is 0 Å². The van der Waals surface area contributed by atoms with Crippen LogP contribution in [0.3, 0.4) is 0 Å². The zero-order valence-electron chi connectivity index (χ0n) is 16.8. The minimum atomic E-state index is -0.610. The van der Waals surface area contributed by atoms with Gasteiger partial charge >= 0.3 is 0 Å². The van der Waals surface area contributed by atoms with Gasteiger partial charge in [0.2, 0.25) is 5.95 Å². The standard InChI is InChI=1S/C22H23F2N5O/c1-15(2)13-29-21(12-17-5-3-4-8-25-17)26-27-22(29)28-9-10-30-20(14-28)18-7-6-16(23)11-19(18)24/h3-8,11,20H,1,9-10,12-14H2,2H3/t20-/m0/s1. The third-order valence-corrected chi connectivity index (χ3v) is 4.96. The normalized spacial score (nSPS) is 16.6. The van der Waals surface area contributed by atoms with E-state index in [0.29, 0.717) is 44.2 Å². The number of halogens is 2. The summed E-state index contributed by atoms with van der Waals surface area (Å²) in [6, 6.07) is 9.31. The average Bonchev–Trinajstić information content (AvgIpc) is 3.10. The van der Waals surface area contributed by atoms with Crippen LogP contribution in [0.2, 0.25) is 0 Å². The van der Waals surface area contributed by atoms with Gasteiger partial charge in [0.1, 0.15) is 23.6 Å². The number of hydrogen-bond donors (Lipinski definition) is 0. The highest BCUT2D eigenvalue weighted by molar-refractivity contribution is 5.35. The number of aromatic nitrogens is 4. The lowest BCUT2D eigenvalue weighted by Crippen LogP contribution is -2.40. The maximum atomic E-state index is 14.3. The molecule has 156 valence electrons. The lowest BCUT2D eigenvalue weighted by molar-refractivity contribution is 0.0367. The predicted octanol–water partition coefficient (Wildman–Crippen LogP) is 3.70. The number of ether oxygens (including phenoxy) is 1. The van der Waals surface area contributed by atoms with Crippen molar-refractivity contribution in [3.05, 3.63) is 83.5 Å². The molecule has 3 aromatic rings. The van der Waals surface area contributed by atoms with Crippen LogP contribution in [0, 0.1) is 11.6 Å². The summed E-state index contributed by atoms with van der Waals surface area (Å²) < 4.78 is 35.3. The highest BCUT2D eigenvalue weighted by atomic mass is 19.1. The molecule has 0 N–H and O–H groups in total. The van der Waals surface area contributed by atoms with E-state index in [0.717, 1.165) is 23.2 Å². The van der Waals surface area contributed by atoms with Crippen LogP contribution in [-0.2, 0) is 17.7 Å². The molecule has 1 aromatic carbocycles. The highest BCUT2D eigenvalue weighted by Gasteiger charge is 2.28. The van der Waals surface area contributed by atoms with Crippen LogP contribution < -0.4 is 4.90 Å². The Labute approximate surface area is 173 Å². The van der Waals surface area contributed by atoms with Gasteiger partial charge < -0.3 is 9.64 Å². The lowest BCUT2D eigenvalue weighted by Gasteiger charge is -2.34. The Morgan fingerprint density at radius 1 is 1.23 bits per heavy atom. The van der Waals surface area contributed by atoms with Crippen molar-refractivity contribution in [3.63, 3.8) is 0 Å². The molecule has 8 heteroatoms. The summed E-state index contributed by atoms with van der Waals surface area (Å²) in [7, 11) is 0. The summed E-state index contributed by atoms with van der Waals surface area (Å²) in [6.07, 6.45) is 1.77. The van der Waals surface area contributed by atoms with Crippen LogP contribution >= 0.6 is 0 Å². The molecule has 1 aliphatic rings. The summed E-state index contributed by atoms with van der Waals surface area (Å²) in [5, 5.41) is 8.81. The second-order valence-electron chi connectivity index (χ2n) is 7.43. The summed E-state index contributed by atoms with van der Waals surface area (Å²) in [5.74, 6) is 0.243. The molecule has 0 bridgehead atoms. The van der Waals surface area contributed by atoms with Crippen molar-refractivity contribution in [3.8, 4) is 0 Å². The predicted molar refractivity (Wildman–Crippen MR) is 109 cm³/mol. The largest absolute Gasteiger partial charge is 0.370 e. The first-order valence-corrected chi connectivity index (χ1v) is 9.79. The summed E-state index contributed by atoms with van der Waals surface area (Å²) in [6.45, 7) is 7.93. The van der Waals surface area contributed by atoms with Crippen molar-refractivity contribution in [1.29, 1.82) is 0 Å². The number of pyridine rings is 1. The van der Waals surface area contributed by atoms with Gasteiger partial charge in [-0.1, -0.05) is 24.3 Å². The van der Waals surface area contributed by atoms with Gasteiger partial charge in [0.25, 0.3) is 0 Å². The SMILES string of the molecule is C=C(C)Cn1c(Cc2ccccn2)nnc1N1CCO[C@H](c2ccc(F)cc2F)C1. The zero-order valence-corrected chi connectivity index (χ0v) is 16.8. The molecule has 0 aliphatic carbocycles. The molecule has 1 fully saturated rings. The zero-order chi connectivity index (χ0) is 21.1. The first-order valence-electron chi connectivity index (χ1n) is 9.79. The van der Waals surface area contributed by atoms with Crippen molar-refractivity contribution in [2.24, 2.45) is 0 Å². The molecule has 30 heavy (non-hydrogen) atoms. The third kappa shape index (κ3) is 4.38. The van der Waals surface area contributed by atoms with Crippen molar-refractivity contribution in [2.75, 3.05) is 24.6 Å². The van der Waals surface area contributed by atoms with Gasteiger partial charge in [-0.2, -0.15) is 0 Å². The Morgan fingerprint density at radius 2 is 2.10 bits per heavy atom. The number of nitrogens with zero attached hydrogens (tertiary/aromatic N) is 5. The summed E-state index contributed by atoms with van der Waals surface area (Å²) in [4.78, 5) is 6.40. The molecule has 0 saturated carbocycles. The molecule has 0 spiro atoms. The average molecular weight is 411 g/mol. The molecule has 0 radical (unpaired) electrons. The van der Waals surface area contributed by atoms with Gasteiger partial charge in [0.05, 0.1) is 19.6 Å². The number of allylic oxidation sites excluding steroid dienone is 1. The number of hydrogen-bond acceptors (Lipinski definition) is 5. The van der Waals surface area contributed by atoms with E-state index in [1.54, 1.807) is 6.20 Å². The summed E-state index contributed by atoms with van der Waals surface area (Å²) >= 11 is 0. The van der Waals surface area contributed by atoms with Crippen LogP contribution in [0.4, 0.5) is 14.7 Å². The van der Waals surface area contributed by atoms with Gasteiger partial charge in [0.15, 0.2) is 0 Å². The van der Waals surface area contributed by atoms with Crippen LogP contribution in [-0.4, -0.2) is 39.4 Å². The van der Waals surface area contributed by atoms with Crippen LogP contribution in [0.5, 0.6) is 0 Å². The van der Waals surface area contributed by atoms with Crippen LogP contribution in [0.15, 0.2) is 54.7 Å². The fourth-order valence-corrected chi connectivity index (χ4v) is 3.57. The van der Waals surface area contributed by atoms with E-state index >= 15 is 0 Å². The Hall–Kier alpha value is -3.13. The van der Waals surface area contributed by atoms with Crippen molar-refractivity contribution in [2.45, 2.75) is 26.0 Å². The molecule has 1 aliphatic heterocycles. The molecule has 4 rings (SSSR count). The van der Waals surface area contributed by atoms with Gasteiger partial charge in [-0.3, -0.25) is 9.55 Å². The molecule has 0 amide bonds. The fraction of sp³-hybridized carbons (Fsp3) is 0.318. The van der Waals surface area contributed by atoms with E-state index in [-0.39, 0.29) is 0 Å². The Balaban J connectivity index is 1.61. The molecule has 6 nitrogen and oxygen atoms in total. The van der Waals surface area contributed by atoms with E-state index in [1.807, 2.05) is 34.6 Å². The van der Waals surface area contributed by atoms with E-state index in [2.05, 4.69) is 21.8 Å². The van der Waals surface area contributed by atoms with Crippen molar-refractivity contribution >= 4 is 5.95 Å². The topological polar surface area (TPSA) is 56.1 Å². The van der Waals surface area contributed by atoms with E-state index in [4.69, 9.17) is 4.74 Å². The minimum absolute atomic E-state index is 0.334. The maximum absolute atomic E-state index is 14.3. The van der Waals surface area contributed by atoms with Gasteiger partial charge in [-0.15, -0.1) is 10.2 Å². The van der Waals surface area contributed by atoms with Gasteiger partial charge in [-0.25, -0.2) is 8.78 Å². The van der Waals surface area contributed by atoms with Crippen molar-refractivity contribution in [1.82, 2.24) is 19.7 Å². The quantitative estimate of drug-likeness (QED) is 0.579. The monoisotopic (exact) mass is 411 g/mol. The number of benzene rings is 1. The number of anilines is 1. The van der Waals surface area contributed by atoms with Gasteiger partial charge in [-0.05, 0) is 25.1 Å². The first-order chi connectivity index (χ1) is 14.5. The highest BCUT2D eigenvalue weighted by Crippen LogP contribution is 2.28. The molecule has 1 atom stereocenters. The van der Waals surface area contributed by atoms with E-state index < -0.39 is 17.7 Å². The number of rotatable bonds is 6. The molecular weight excluding hydrogens is 388 g/mol. The minimum Gasteiger partial charge on any atom is -0.370 e. The Morgan fingerprint density at radius 3 is 2.83 bits per heavy atom. The van der Waals surface area contributed by atoms with E-state index in [9.17, 15) is 8.78 Å². The van der Waals surface area contributed by atoms with E-state index in [1.165, 1.54) is 12.1 Å². The molecular formula is C22H23F2N5O. The summed E-state index contributed by atoms with van der Waals surface area (Å²) in [5.41, 5.74) is 2.20. The van der Waals surface area contributed by atoms with Gasteiger partial charge in [0, 0.05) is 36.6 Å². The fourth-order valence-electron chi connectivity index (χ4n) is 3.57. The molecule has 1 saturated heterocycles. The lowest BCUT2D eigenvalue weighted by atomic mass is 10.1. The van der Waals surface area contributed by atoms with Crippen LogP contribution in [0.1, 0.15) is 30.1 Å². The number of morpholine rings is 1. The molecule has 2 aromatic heterocycles. The first kappa shape index (κ1) is 20.2. The third-order valence-electron chi connectivity index (χ3n) is 4.96. The van der Waals surface area contributed by atoms with Crippen molar-refractivity contribution < 1.29 is 13.5 Å². The second kappa shape index (κ2) is 8.71. The Kier molecular flexibility index (Phi) is 5.85. The second-order valence-corrected chi connectivity index (χ2v) is 7.43. The maximum Gasteiger partial charge on any atom is 0.227 e.